The van der Waals surface area contributed by atoms with E-state index < -0.39 is 43.4 Å². The Hall–Kier alpha value is -3.48. The summed E-state index contributed by atoms with van der Waals surface area (Å²) in [6.07, 6.45) is 4.53. The molecule has 0 aliphatic heterocycles. The molecule has 1 fully saturated rings. The number of aliphatic hydroxyl groups is 1. The van der Waals surface area contributed by atoms with Gasteiger partial charge in [0, 0.05) is 17.1 Å². The lowest BCUT2D eigenvalue weighted by Crippen LogP contribution is -2.68. The number of methoxy groups -OCH3 is 1. The van der Waals surface area contributed by atoms with Crippen molar-refractivity contribution in [3.63, 3.8) is 0 Å². The first kappa shape index (κ1) is 36.8. The van der Waals surface area contributed by atoms with Crippen LogP contribution in [-0.4, -0.2) is 81.4 Å². The molecule has 0 spiro atoms. The Labute approximate surface area is 290 Å². The number of Topliss-reactive ketones (excluding diaryl/α,β-unsaturated/α-hetero) is 2. The van der Waals surface area contributed by atoms with Crippen molar-refractivity contribution in [3.8, 4) is 17.4 Å². The van der Waals surface area contributed by atoms with Gasteiger partial charge in [-0.25, -0.2) is 0 Å². The van der Waals surface area contributed by atoms with Gasteiger partial charge < -0.3 is 28.3 Å². The molecule has 1 N–H and O–H groups in total. The lowest BCUT2D eigenvalue weighted by molar-refractivity contribution is -0.140. The molecule has 49 heavy (non-hydrogen) atoms. The fourth-order valence-electron chi connectivity index (χ4n) is 7.33. The summed E-state index contributed by atoms with van der Waals surface area (Å²) < 4.78 is 31.0. The normalized spacial score (nSPS) is 23.5. The van der Waals surface area contributed by atoms with Crippen molar-refractivity contribution >= 4 is 31.9 Å². The van der Waals surface area contributed by atoms with E-state index in [-0.39, 0.29) is 44.7 Å². The van der Waals surface area contributed by atoms with Crippen molar-refractivity contribution in [2.45, 2.75) is 103 Å². The summed E-state index contributed by atoms with van der Waals surface area (Å²) in [5.41, 5.74) is -0.679. The van der Waals surface area contributed by atoms with Crippen molar-refractivity contribution in [2.24, 2.45) is 11.8 Å². The van der Waals surface area contributed by atoms with Gasteiger partial charge in [0.2, 0.25) is 11.6 Å². The summed E-state index contributed by atoms with van der Waals surface area (Å²) in [4.78, 5) is 45.0. The Morgan fingerprint density at radius 3 is 2.31 bits per heavy atom. The van der Waals surface area contributed by atoms with E-state index in [0.29, 0.717) is 49.4 Å². The molecule has 0 saturated heterocycles. The minimum atomic E-state index is -2.87. The molecular formula is C37H52N2O9Si. The average molecular weight is 697 g/mol. The highest BCUT2D eigenvalue weighted by Crippen LogP contribution is 2.59. The minimum Gasteiger partial charge on any atom is -0.507 e. The van der Waals surface area contributed by atoms with Crippen LogP contribution in [0.5, 0.6) is 17.4 Å². The van der Waals surface area contributed by atoms with E-state index in [1.54, 1.807) is 6.07 Å². The number of aldehydes is 1. The molecule has 4 atom stereocenters. The minimum absolute atomic E-state index is 0.0473. The number of carbonyl (C=O) groups is 3. The van der Waals surface area contributed by atoms with Gasteiger partial charge in [0.05, 0.1) is 37.5 Å². The lowest BCUT2D eigenvalue weighted by Gasteiger charge is -2.55. The lowest BCUT2D eigenvalue weighted by atomic mass is 9.57. The maximum atomic E-state index is 15.5. The number of carbonyl (C=O) groups excluding carboxylic acids is 3. The van der Waals surface area contributed by atoms with E-state index in [1.807, 2.05) is 45.9 Å². The van der Waals surface area contributed by atoms with Gasteiger partial charge in [0.25, 0.3) is 5.88 Å². The quantitative estimate of drug-likeness (QED) is 0.0990. The van der Waals surface area contributed by atoms with Crippen LogP contribution in [0.25, 0.3) is 5.76 Å². The van der Waals surface area contributed by atoms with Gasteiger partial charge in [0.15, 0.2) is 26.0 Å². The van der Waals surface area contributed by atoms with Gasteiger partial charge >= 0.3 is 0 Å². The fraction of sp³-hybridized carbons (Fsp3) is 0.622. The van der Waals surface area contributed by atoms with Gasteiger partial charge in [-0.3, -0.25) is 19.3 Å². The second-order valence-corrected chi connectivity index (χ2v) is 20.0. The molecule has 1 aromatic carbocycles. The van der Waals surface area contributed by atoms with Crippen LogP contribution < -0.4 is 14.2 Å². The number of rotatable bonds is 13. The molecule has 1 saturated carbocycles. The van der Waals surface area contributed by atoms with Crippen LogP contribution in [0.4, 0.5) is 0 Å². The molecule has 1 aromatic heterocycles. The third-order valence-electron chi connectivity index (χ3n) is 10.9. The Kier molecular flexibility index (Phi) is 10.3. The summed E-state index contributed by atoms with van der Waals surface area (Å²) in [7, 11) is 2.41. The number of nitrogens with zero attached hydrogens (tertiary/aromatic N) is 2. The summed E-state index contributed by atoms with van der Waals surface area (Å²) >= 11 is 0. The number of ether oxygens (including phenoxy) is 3. The van der Waals surface area contributed by atoms with E-state index >= 15 is 9.59 Å². The number of aliphatic hydroxyl groups excluding tert-OH is 1. The molecule has 0 bridgehead atoms. The second-order valence-electron chi connectivity index (χ2n) is 15.3. The Balaban J connectivity index is 1.80. The molecule has 0 radical (unpaired) electrons. The van der Waals surface area contributed by atoms with Crippen molar-refractivity contribution in [1.82, 2.24) is 10.1 Å². The fourth-order valence-corrected chi connectivity index (χ4v) is 8.77. The Bertz CT molecular complexity index is 1650. The van der Waals surface area contributed by atoms with Crippen LogP contribution in [-0.2, 0) is 15.6 Å². The number of unbranched alkanes of at least 4 members (excludes halogenated alkanes) is 2. The first-order chi connectivity index (χ1) is 23.1. The van der Waals surface area contributed by atoms with Crippen LogP contribution in [0.3, 0.4) is 0 Å². The zero-order valence-electron chi connectivity index (χ0n) is 30.7. The summed E-state index contributed by atoms with van der Waals surface area (Å²) in [6.45, 7) is 14.9. The first-order valence-corrected chi connectivity index (χ1v) is 20.4. The number of hydrogen-bond acceptors (Lipinski definition) is 11. The van der Waals surface area contributed by atoms with Crippen LogP contribution >= 0.6 is 0 Å². The van der Waals surface area contributed by atoms with Gasteiger partial charge in [-0.05, 0) is 75.1 Å². The molecule has 0 unspecified atom stereocenters. The zero-order valence-corrected chi connectivity index (χ0v) is 31.7. The molecule has 268 valence electrons. The molecule has 3 aliphatic rings. The van der Waals surface area contributed by atoms with E-state index in [0.717, 1.165) is 25.7 Å². The molecule has 5 rings (SSSR count). The van der Waals surface area contributed by atoms with Crippen LogP contribution in [0.2, 0.25) is 18.1 Å². The highest BCUT2D eigenvalue weighted by molar-refractivity contribution is 6.74. The maximum absolute atomic E-state index is 15.5. The van der Waals surface area contributed by atoms with E-state index in [1.165, 1.54) is 7.11 Å². The van der Waals surface area contributed by atoms with Crippen molar-refractivity contribution in [1.29, 1.82) is 0 Å². The average Bonchev–Trinajstić information content (AvgIpc) is 3.45. The molecule has 3 aliphatic carbocycles. The van der Waals surface area contributed by atoms with Gasteiger partial charge in [0.1, 0.15) is 22.8 Å². The standard InChI is InChI=1S/C37H52N2O9Si/c1-11-13-15-45-31-22(20-40)19-25(44-8)23-17-21-18-24-29(39(6)7)32-28(35(38-47-32)46-16-14-12-2)34(43)37(24,48-49(9,10)36(3,4)5)33(42)26(21)30(41)27(23)31/h19-21,24,29,41H,11-18H2,1-10H3/t21-,24-,29-,37-/m0/s1. The number of ketones is 2. The molecule has 12 heteroatoms. The van der Waals surface area contributed by atoms with E-state index in [2.05, 4.69) is 25.9 Å². The highest BCUT2D eigenvalue weighted by Gasteiger charge is 2.69. The van der Waals surface area contributed by atoms with E-state index in [9.17, 15) is 9.90 Å². The predicted octanol–water partition coefficient (Wildman–Crippen LogP) is 7.14. The van der Waals surface area contributed by atoms with E-state index in [4.69, 9.17) is 23.2 Å². The molecule has 2 aromatic rings. The molecule has 11 nitrogen and oxygen atoms in total. The van der Waals surface area contributed by atoms with Crippen molar-refractivity contribution in [2.75, 3.05) is 34.4 Å². The molecule has 1 heterocycles. The zero-order chi connectivity index (χ0) is 36.1. The van der Waals surface area contributed by atoms with Gasteiger partial charge in [-0.15, -0.1) is 0 Å². The van der Waals surface area contributed by atoms with Gasteiger partial charge in [-0.1, -0.05) is 47.5 Å². The highest BCUT2D eigenvalue weighted by atomic mass is 28.4. The molecular weight excluding hydrogens is 644 g/mol. The van der Waals surface area contributed by atoms with Crippen molar-refractivity contribution < 1.29 is 42.6 Å². The predicted molar refractivity (Wildman–Crippen MR) is 187 cm³/mol. The maximum Gasteiger partial charge on any atom is 0.265 e. The SMILES string of the molecule is CCCCOc1noc2c1C(=O)[C@@]1(O[Si](C)(C)C(C)(C)C)C(=O)C3=C(O)c4c(c(OC)cc(C=O)c4OCCCC)C[C@H]3C[C@H]1[C@@H]2N(C)C. The number of benzene rings is 1. The number of fused-ring (bicyclic) bond motifs is 4. The first-order valence-electron chi connectivity index (χ1n) is 17.4. The summed E-state index contributed by atoms with van der Waals surface area (Å²) in [5, 5.41) is 16.1. The molecule has 0 amide bonds. The van der Waals surface area contributed by atoms with Crippen LogP contribution in [0.1, 0.15) is 110 Å². The summed E-state index contributed by atoms with van der Waals surface area (Å²) in [5.74, 6) is -1.60. The summed E-state index contributed by atoms with van der Waals surface area (Å²) in [6, 6.07) is 1.06. The second kappa shape index (κ2) is 13.7. The number of aromatic nitrogens is 1. The van der Waals surface area contributed by atoms with Crippen molar-refractivity contribution in [3.05, 3.63) is 39.7 Å². The number of hydrogen-bond donors (Lipinski definition) is 1. The largest absolute Gasteiger partial charge is 0.507 e. The van der Waals surface area contributed by atoms with Gasteiger partial charge in [-0.2, -0.15) is 0 Å². The third kappa shape index (κ3) is 5.93. The smallest absolute Gasteiger partial charge is 0.265 e. The Morgan fingerprint density at radius 2 is 1.73 bits per heavy atom. The Morgan fingerprint density at radius 1 is 1.08 bits per heavy atom. The topological polar surface area (TPSA) is 138 Å². The monoisotopic (exact) mass is 696 g/mol. The van der Waals surface area contributed by atoms with Crippen LogP contribution in [0, 0.1) is 11.8 Å². The third-order valence-corrected chi connectivity index (χ3v) is 15.3. The van der Waals surface area contributed by atoms with Crippen LogP contribution in [0.15, 0.2) is 16.2 Å².